The molecule has 31 heavy (non-hydrogen) atoms. The number of phenols is 1. The second kappa shape index (κ2) is 9.73. The van der Waals surface area contributed by atoms with Crippen molar-refractivity contribution in [1.29, 1.82) is 0 Å². The van der Waals surface area contributed by atoms with Crippen LogP contribution in [0.5, 0.6) is 5.75 Å². The number of benzene rings is 2. The number of rotatable bonds is 7. The molecule has 0 saturated heterocycles. The van der Waals surface area contributed by atoms with Crippen molar-refractivity contribution in [2.45, 2.75) is 4.34 Å². The van der Waals surface area contributed by atoms with Crippen molar-refractivity contribution in [3.05, 3.63) is 72.9 Å². The number of hydrazone groups is 1. The third-order valence-corrected chi connectivity index (χ3v) is 6.30. The van der Waals surface area contributed by atoms with E-state index in [0.29, 0.717) is 5.11 Å². The molecule has 2 aromatic carbocycles. The Labute approximate surface area is 192 Å². The first-order chi connectivity index (χ1) is 15.1. The van der Waals surface area contributed by atoms with Crippen LogP contribution in [0.4, 0.5) is 5.69 Å². The van der Waals surface area contributed by atoms with Crippen LogP contribution in [0.15, 0.2) is 76.7 Å². The van der Waals surface area contributed by atoms with E-state index in [-0.39, 0.29) is 5.75 Å². The summed E-state index contributed by atoms with van der Waals surface area (Å²) in [5.41, 5.74) is 6.08. The van der Waals surface area contributed by atoms with Crippen molar-refractivity contribution in [3.63, 3.8) is 0 Å². The first-order valence-corrected chi connectivity index (χ1v) is 11.4. The lowest BCUT2D eigenvalue weighted by molar-refractivity contribution is 0.475. The minimum absolute atomic E-state index is 0.189. The molecule has 0 aliphatic rings. The molecule has 0 fully saturated rings. The van der Waals surface area contributed by atoms with Gasteiger partial charge in [0.05, 0.1) is 6.21 Å². The van der Waals surface area contributed by atoms with Crippen LogP contribution in [0.25, 0.3) is 16.2 Å². The minimum atomic E-state index is 0.189. The van der Waals surface area contributed by atoms with E-state index < -0.39 is 0 Å². The number of fused-ring (bicyclic) bond motifs is 1. The summed E-state index contributed by atoms with van der Waals surface area (Å²) >= 11 is 8.43. The van der Waals surface area contributed by atoms with Crippen LogP contribution in [0.1, 0.15) is 5.69 Å². The van der Waals surface area contributed by atoms with Gasteiger partial charge in [0, 0.05) is 17.0 Å². The van der Waals surface area contributed by atoms with Crippen molar-refractivity contribution in [2.75, 3.05) is 11.1 Å². The summed E-state index contributed by atoms with van der Waals surface area (Å²) in [6.45, 7) is 3.75. The maximum atomic E-state index is 9.37. The second-order valence-corrected chi connectivity index (χ2v) is 8.88. The molecule has 0 aliphatic carbocycles. The summed E-state index contributed by atoms with van der Waals surface area (Å²) in [6, 6.07) is 16.5. The van der Waals surface area contributed by atoms with Crippen molar-refractivity contribution >= 4 is 57.3 Å². The van der Waals surface area contributed by atoms with E-state index in [0.717, 1.165) is 37.7 Å². The zero-order valence-corrected chi connectivity index (χ0v) is 18.7. The molecule has 156 valence electrons. The Balaban J connectivity index is 1.57. The number of aromatic hydroxyl groups is 1. The van der Waals surface area contributed by atoms with Gasteiger partial charge < -0.3 is 10.4 Å². The van der Waals surface area contributed by atoms with Crippen molar-refractivity contribution in [3.8, 4) is 17.0 Å². The minimum Gasteiger partial charge on any atom is -0.508 e. The average molecular weight is 467 g/mol. The predicted octanol–water partition coefficient (Wildman–Crippen LogP) is 4.76. The molecule has 4 rings (SSSR count). The number of nitrogens with one attached hydrogen (secondary N) is 2. The standard InChI is InChI=1S/C21H18N6OS3/c1-2-12-30-21-26-27-17(18(24-20(27)31-21)14-6-4-3-5-7-14)13-22-25-19(29)23-15-8-10-16(28)11-9-15/h2-11,13,28H,1,12H2,(H2,23,25,29)/b22-13+. The lowest BCUT2D eigenvalue weighted by Gasteiger charge is -2.06. The van der Waals surface area contributed by atoms with Gasteiger partial charge in [0.1, 0.15) is 17.1 Å². The first kappa shape index (κ1) is 21.0. The summed E-state index contributed by atoms with van der Waals surface area (Å²) in [6.07, 6.45) is 3.51. The molecule has 0 spiro atoms. The van der Waals surface area contributed by atoms with Crippen LogP contribution in [0.2, 0.25) is 0 Å². The number of hydrogen-bond donors (Lipinski definition) is 3. The summed E-state index contributed by atoms with van der Waals surface area (Å²) < 4.78 is 2.70. The summed E-state index contributed by atoms with van der Waals surface area (Å²) in [5, 5.41) is 21.7. The molecule has 0 bridgehead atoms. The number of hydrogen-bond acceptors (Lipinski definition) is 7. The fourth-order valence-corrected chi connectivity index (χ4v) is 4.59. The SMILES string of the molecule is C=CCSc1nn2c(/C=N/NC(=S)Nc3ccc(O)cc3)c(-c3ccccc3)nc2s1. The van der Waals surface area contributed by atoms with E-state index in [9.17, 15) is 5.11 Å². The monoisotopic (exact) mass is 466 g/mol. The van der Waals surface area contributed by atoms with Gasteiger partial charge in [0.15, 0.2) is 9.45 Å². The van der Waals surface area contributed by atoms with Crippen molar-refractivity contribution in [1.82, 2.24) is 20.0 Å². The molecule has 0 atom stereocenters. The summed E-state index contributed by atoms with van der Waals surface area (Å²) in [5.74, 6) is 0.972. The van der Waals surface area contributed by atoms with Crippen LogP contribution >= 0.6 is 35.3 Å². The van der Waals surface area contributed by atoms with Crippen molar-refractivity contribution < 1.29 is 5.11 Å². The number of anilines is 1. The van der Waals surface area contributed by atoms with E-state index in [2.05, 4.69) is 27.5 Å². The Morgan fingerprint density at radius 2 is 2.00 bits per heavy atom. The van der Waals surface area contributed by atoms with Gasteiger partial charge in [-0.1, -0.05) is 59.5 Å². The van der Waals surface area contributed by atoms with Crippen LogP contribution < -0.4 is 10.7 Å². The van der Waals surface area contributed by atoms with E-state index in [1.807, 2.05) is 36.4 Å². The maximum absolute atomic E-state index is 9.37. The Morgan fingerprint density at radius 1 is 1.23 bits per heavy atom. The Kier molecular flexibility index (Phi) is 6.60. The molecule has 3 N–H and O–H groups in total. The number of phenolic OH excluding ortho intramolecular Hbond substituents is 1. The van der Waals surface area contributed by atoms with Crippen molar-refractivity contribution in [2.24, 2.45) is 5.10 Å². The highest BCUT2D eigenvalue weighted by Crippen LogP contribution is 2.30. The molecule has 0 aliphatic heterocycles. The maximum Gasteiger partial charge on any atom is 0.214 e. The van der Waals surface area contributed by atoms with E-state index in [1.165, 1.54) is 11.3 Å². The molecule has 0 saturated carbocycles. The molecular formula is C21H18N6OS3. The third kappa shape index (κ3) is 5.10. The Morgan fingerprint density at radius 3 is 2.74 bits per heavy atom. The molecule has 0 unspecified atom stereocenters. The number of aromatic nitrogens is 3. The van der Waals surface area contributed by atoms with Crippen LogP contribution in [0.3, 0.4) is 0 Å². The molecule has 7 nitrogen and oxygen atoms in total. The normalized spacial score (nSPS) is 11.1. The van der Waals surface area contributed by atoms with E-state index in [4.69, 9.17) is 17.2 Å². The lowest BCUT2D eigenvalue weighted by atomic mass is 10.1. The van der Waals surface area contributed by atoms with Gasteiger partial charge in [-0.25, -0.2) is 9.50 Å². The first-order valence-electron chi connectivity index (χ1n) is 9.22. The van der Waals surface area contributed by atoms with E-state index in [1.54, 1.807) is 46.8 Å². The number of nitrogens with zero attached hydrogens (tertiary/aromatic N) is 4. The highest BCUT2D eigenvalue weighted by atomic mass is 32.2. The highest BCUT2D eigenvalue weighted by molar-refractivity contribution is 8.01. The molecule has 4 aromatic rings. The fourth-order valence-electron chi connectivity index (χ4n) is 2.72. The third-order valence-electron chi connectivity index (χ3n) is 4.07. The van der Waals surface area contributed by atoms with Crippen LogP contribution in [0, 0.1) is 0 Å². The number of imidazole rings is 1. The zero-order chi connectivity index (χ0) is 21.6. The average Bonchev–Trinajstić information content (AvgIpc) is 3.33. The van der Waals surface area contributed by atoms with Gasteiger partial charge in [-0.15, -0.1) is 11.7 Å². The van der Waals surface area contributed by atoms with Gasteiger partial charge >= 0.3 is 0 Å². The molecule has 0 radical (unpaired) electrons. The zero-order valence-electron chi connectivity index (χ0n) is 16.2. The molecular weight excluding hydrogens is 448 g/mol. The molecule has 2 aromatic heterocycles. The largest absolute Gasteiger partial charge is 0.508 e. The summed E-state index contributed by atoms with van der Waals surface area (Å²) in [7, 11) is 0. The van der Waals surface area contributed by atoms with Gasteiger partial charge in [-0.05, 0) is 36.5 Å². The quantitative estimate of drug-likeness (QED) is 0.0904. The van der Waals surface area contributed by atoms with Gasteiger partial charge in [-0.3, -0.25) is 5.43 Å². The number of thiocarbonyl (C=S) groups is 1. The van der Waals surface area contributed by atoms with Gasteiger partial charge in [-0.2, -0.15) is 5.10 Å². The smallest absolute Gasteiger partial charge is 0.214 e. The fraction of sp³-hybridized carbons (Fsp3) is 0.0476. The molecule has 0 amide bonds. The lowest BCUT2D eigenvalue weighted by Crippen LogP contribution is -2.23. The summed E-state index contributed by atoms with van der Waals surface area (Å²) in [4.78, 5) is 5.56. The predicted molar refractivity (Wildman–Crippen MR) is 132 cm³/mol. The highest BCUT2D eigenvalue weighted by Gasteiger charge is 2.17. The Hall–Kier alpha value is -3.21. The molecule has 2 heterocycles. The van der Waals surface area contributed by atoms with Crippen LogP contribution in [-0.2, 0) is 0 Å². The van der Waals surface area contributed by atoms with Gasteiger partial charge in [0.2, 0.25) is 4.96 Å². The van der Waals surface area contributed by atoms with E-state index >= 15 is 0 Å². The molecule has 10 heteroatoms. The topological polar surface area (TPSA) is 86.8 Å². The Bertz CT molecular complexity index is 1230. The number of thioether (sulfide) groups is 1. The van der Waals surface area contributed by atoms with Gasteiger partial charge in [0.25, 0.3) is 0 Å². The van der Waals surface area contributed by atoms with Crippen LogP contribution in [-0.4, -0.2) is 36.8 Å². The second-order valence-electron chi connectivity index (χ2n) is 6.24.